The van der Waals surface area contributed by atoms with Gasteiger partial charge in [-0.05, 0) is 53.5 Å². The van der Waals surface area contributed by atoms with Crippen molar-refractivity contribution in [1.29, 1.82) is 0 Å². The number of hydrogen-bond donors (Lipinski definition) is 1. The van der Waals surface area contributed by atoms with Gasteiger partial charge in [0.2, 0.25) is 0 Å². The van der Waals surface area contributed by atoms with Crippen LogP contribution in [0.1, 0.15) is 23.2 Å². The molecule has 182 valence electrons. The third-order valence-electron chi connectivity index (χ3n) is 5.65. The Bertz CT molecular complexity index is 1320. The van der Waals surface area contributed by atoms with Gasteiger partial charge in [-0.3, -0.25) is 4.98 Å². The normalized spacial score (nSPS) is 13.7. The third kappa shape index (κ3) is 6.39. The van der Waals surface area contributed by atoms with E-state index in [1.54, 1.807) is 18.3 Å². The van der Waals surface area contributed by atoms with Gasteiger partial charge >= 0.3 is 6.09 Å². The Morgan fingerprint density at radius 2 is 1.80 bits per heavy atom. The predicted octanol–water partition coefficient (Wildman–Crippen LogP) is 4.41. The van der Waals surface area contributed by atoms with Crippen LogP contribution in [0.2, 0.25) is 0 Å². The molecule has 0 radical (unpaired) electrons. The minimum absolute atomic E-state index is 0.133. The molecule has 0 fully saturated rings. The van der Waals surface area contributed by atoms with Gasteiger partial charge in [0.15, 0.2) is 9.84 Å². The van der Waals surface area contributed by atoms with Gasteiger partial charge in [-0.25, -0.2) is 13.2 Å². The molecular formula is C26H26N2O6S. The molecule has 1 aliphatic rings. The van der Waals surface area contributed by atoms with Crippen molar-refractivity contribution in [2.24, 2.45) is 0 Å². The average molecular weight is 495 g/mol. The lowest BCUT2D eigenvalue weighted by atomic mass is 10.0. The van der Waals surface area contributed by atoms with Gasteiger partial charge < -0.3 is 19.5 Å². The fourth-order valence-electron chi connectivity index (χ4n) is 3.66. The van der Waals surface area contributed by atoms with Gasteiger partial charge in [0, 0.05) is 25.5 Å². The molecule has 1 aliphatic heterocycles. The number of nitrogens with zero attached hydrogens (tertiary/aromatic N) is 2. The van der Waals surface area contributed by atoms with Crippen LogP contribution < -0.4 is 9.47 Å². The maximum atomic E-state index is 11.7. The zero-order valence-corrected chi connectivity index (χ0v) is 20.1. The molecule has 0 saturated heterocycles. The zero-order chi connectivity index (χ0) is 24.8. The molecule has 0 spiro atoms. The van der Waals surface area contributed by atoms with Crippen molar-refractivity contribution in [3.63, 3.8) is 0 Å². The minimum atomic E-state index is -3.28. The first-order chi connectivity index (χ1) is 16.8. The Balaban J connectivity index is 1.53. The number of ether oxygens (including phenoxy) is 2. The Kier molecular flexibility index (Phi) is 7.36. The van der Waals surface area contributed by atoms with E-state index in [1.807, 2.05) is 42.5 Å². The maximum Gasteiger partial charge on any atom is 0.407 e. The van der Waals surface area contributed by atoms with Crippen LogP contribution in [0.4, 0.5) is 4.79 Å². The molecule has 3 aromatic rings. The summed E-state index contributed by atoms with van der Waals surface area (Å²) in [4.78, 5) is 17.4. The van der Waals surface area contributed by atoms with Crippen LogP contribution in [0, 0.1) is 0 Å². The lowest BCUT2D eigenvalue weighted by Crippen LogP contribution is -2.33. The highest BCUT2D eigenvalue weighted by molar-refractivity contribution is 7.90. The number of amides is 1. The van der Waals surface area contributed by atoms with E-state index in [0.717, 1.165) is 23.0 Å². The second-order valence-electron chi connectivity index (χ2n) is 8.18. The van der Waals surface area contributed by atoms with Crippen molar-refractivity contribution >= 4 is 21.5 Å². The molecule has 0 unspecified atom stereocenters. The summed E-state index contributed by atoms with van der Waals surface area (Å²) >= 11 is 0. The quantitative estimate of drug-likeness (QED) is 0.494. The van der Waals surface area contributed by atoms with Gasteiger partial charge in [0.25, 0.3) is 0 Å². The van der Waals surface area contributed by atoms with E-state index in [4.69, 9.17) is 9.47 Å². The molecule has 0 aliphatic carbocycles. The first-order valence-electron chi connectivity index (χ1n) is 11.1. The van der Waals surface area contributed by atoms with Crippen LogP contribution in [-0.4, -0.2) is 48.8 Å². The predicted molar refractivity (Wildman–Crippen MR) is 131 cm³/mol. The summed E-state index contributed by atoms with van der Waals surface area (Å²) in [6.45, 7) is 1.25. The van der Waals surface area contributed by atoms with Crippen molar-refractivity contribution in [2.45, 2.75) is 24.5 Å². The summed E-state index contributed by atoms with van der Waals surface area (Å²) in [7, 11) is -3.28. The molecule has 9 heteroatoms. The van der Waals surface area contributed by atoms with Gasteiger partial charge in [0.1, 0.15) is 30.4 Å². The van der Waals surface area contributed by atoms with Crippen molar-refractivity contribution in [1.82, 2.24) is 9.88 Å². The number of hydrogen-bond acceptors (Lipinski definition) is 6. The van der Waals surface area contributed by atoms with Crippen LogP contribution in [0.3, 0.4) is 0 Å². The van der Waals surface area contributed by atoms with Crippen LogP contribution in [0.15, 0.2) is 77.8 Å². The topological polar surface area (TPSA) is 106 Å². The molecule has 0 saturated carbocycles. The molecule has 0 atom stereocenters. The van der Waals surface area contributed by atoms with Crippen LogP contribution in [0.25, 0.3) is 5.57 Å². The van der Waals surface area contributed by atoms with Gasteiger partial charge in [0.05, 0.1) is 4.90 Å². The second-order valence-corrected chi connectivity index (χ2v) is 10.2. The van der Waals surface area contributed by atoms with Crippen LogP contribution in [-0.2, 0) is 23.1 Å². The van der Waals surface area contributed by atoms with Gasteiger partial charge in [-0.1, -0.05) is 36.4 Å². The third-order valence-corrected chi connectivity index (χ3v) is 6.77. The highest BCUT2D eigenvalue weighted by atomic mass is 32.2. The van der Waals surface area contributed by atoms with Gasteiger partial charge in [-0.15, -0.1) is 0 Å². The standard InChI is InChI=1S/C26H26N2O6S/c1-35(31,32)23-9-7-22(8-10-23)33-18-24-25(34-17-19-5-3-2-4-6-19)15-21(16-27-24)20-11-13-28(14-12-20)26(29)30/h2-11,15-16H,12-14,17-18H2,1H3,(H,29,30). The number of rotatable bonds is 8. The molecule has 8 nitrogen and oxygen atoms in total. The Hall–Kier alpha value is -3.85. The molecular weight excluding hydrogens is 468 g/mol. The second kappa shape index (κ2) is 10.6. The summed E-state index contributed by atoms with van der Waals surface area (Å²) < 4.78 is 35.3. The fraction of sp³-hybridized carbons (Fsp3) is 0.231. The zero-order valence-electron chi connectivity index (χ0n) is 19.3. The lowest BCUT2D eigenvalue weighted by molar-refractivity contribution is 0.150. The maximum absolute atomic E-state index is 11.7. The van der Waals surface area contributed by atoms with E-state index >= 15 is 0 Å². The molecule has 4 rings (SSSR count). The first kappa shape index (κ1) is 24.3. The average Bonchev–Trinajstić information content (AvgIpc) is 2.87. The minimum Gasteiger partial charge on any atom is -0.487 e. The number of pyridine rings is 1. The Labute approximate surface area is 204 Å². The van der Waals surface area contributed by atoms with Crippen molar-refractivity contribution < 1.29 is 27.8 Å². The highest BCUT2D eigenvalue weighted by Crippen LogP contribution is 2.28. The number of carboxylic acid groups (broad SMARTS) is 1. The molecule has 35 heavy (non-hydrogen) atoms. The van der Waals surface area contributed by atoms with Crippen LogP contribution >= 0.6 is 0 Å². The monoisotopic (exact) mass is 494 g/mol. The van der Waals surface area contributed by atoms with E-state index in [2.05, 4.69) is 4.98 Å². The fourth-order valence-corrected chi connectivity index (χ4v) is 4.29. The smallest absolute Gasteiger partial charge is 0.407 e. The van der Waals surface area contributed by atoms with Gasteiger partial charge in [-0.2, -0.15) is 0 Å². The van der Waals surface area contributed by atoms with E-state index in [-0.39, 0.29) is 11.5 Å². The first-order valence-corrected chi connectivity index (χ1v) is 12.9. The molecule has 1 amide bonds. The van der Waals surface area contributed by atoms with E-state index in [0.29, 0.717) is 43.3 Å². The Morgan fingerprint density at radius 3 is 2.43 bits per heavy atom. The number of benzene rings is 2. The number of aromatic nitrogens is 1. The largest absolute Gasteiger partial charge is 0.487 e. The molecule has 0 bridgehead atoms. The summed E-state index contributed by atoms with van der Waals surface area (Å²) in [5.74, 6) is 1.08. The summed E-state index contributed by atoms with van der Waals surface area (Å²) in [5, 5.41) is 9.18. The number of carbonyl (C=O) groups is 1. The molecule has 2 heterocycles. The summed E-state index contributed by atoms with van der Waals surface area (Å²) in [6, 6.07) is 17.9. The Morgan fingerprint density at radius 1 is 1.06 bits per heavy atom. The SMILES string of the molecule is CS(=O)(=O)c1ccc(OCc2ncc(C3=CCN(C(=O)O)CC3)cc2OCc2ccccc2)cc1. The highest BCUT2D eigenvalue weighted by Gasteiger charge is 2.18. The lowest BCUT2D eigenvalue weighted by Gasteiger charge is -2.24. The molecule has 1 N–H and O–H groups in total. The van der Waals surface area contributed by atoms with Crippen molar-refractivity contribution in [2.75, 3.05) is 19.3 Å². The van der Waals surface area contributed by atoms with E-state index in [1.165, 1.54) is 17.0 Å². The molecule has 2 aromatic carbocycles. The van der Waals surface area contributed by atoms with Crippen molar-refractivity contribution in [3.8, 4) is 11.5 Å². The van der Waals surface area contributed by atoms with Crippen LogP contribution in [0.5, 0.6) is 11.5 Å². The summed E-state index contributed by atoms with van der Waals surface area (Å²) in [6.07, 6.45) is 4.46. The molecule has 1 aromatic heterocycles. The van der Waals surface area contributed by atoms with E-state index in [9.17, 15) is 18.3 Å². The number of sulfone groups is 1. The summed E-state index contributed by atoms with van der Waals surface area (Å²) in [5.41, 5.74) is 3.50. The van der Waals surface area contributed by atoms with E-state index < -0.39 is 15.9 Å². The van der Waals surface area contributed by atoms with Crippen molar-refractivity contribution in [3.05, 3.63) is 89.8 Å².